The zero-order valence-corrected chi connectivity index (χ0v) is 10.4. The fourth-order valence-corrected chi connectivity index (χ4v) is 1.84. The molecular formula is C13H8ClN3O2. The van der Waals surface area contributed by atoms with Crippen molar-refractivity contribution in [1.29, 1.82) is 0 Å². The van der Waals surface area contributed by atoms with E-state index < -0.39 is 5.97 Å². The molecule has 6 heteroatoms. The van der Waals surface area contributed by atoms with Gasteiger partial charge in [-0.15, -0.1) is 0 Å². The van der Waals surface area contributed by atoms with Crippen LogP contribution in [0.25, 0.3) is 11.0 Å². The SMILES string of the molecule is O=C(Oc1cccc(Cl)c1)c1ccc2n[nH]nc2c1. The lowest BCUT2D eigenvalue weighted by atomic mass is 10.2. The number of ether oxygens (including phenoxy) is 1. The van der Waals surface area contributed by atoms with Crippen LogP contribution in [0.3, 0.4) is 0 Å². The lowest BCUT2D eigenvalue weighted by Crippen LogP contribution is -2.08. The van der Waals surface area contributed by atoms with Crippen LogP contribution < -0.4 is 4.74 Å². The molecule has 0 aliphatic heterocycles. The zero-order valence-electron chi connectivity index (χ0n) is 9.63. The molecule has 0 atom stereocenters. The van der Waals surface area contributed by atoms with Crippen LogP contribution in [0.4, 0.5) is 0 Å². The van der Waals surface area contributed by atoms with Gasteiger partial charge in [0.05, 0.1) is 5.56 Å². The maximum Gasteiger partial charge on any atom is 0.343 e. The lowest BCUT2D eigenvalue weighted by Gasteiger charge is -2.04. The Morgan fingerprint density at radius 2 is 1.95 bits per heavy atom. The van der Waals surface area contributed by atoms with E-state index in [4.69, 9.17) is 16.3 Å². The molecule has 0 spiro atoms. The minimum Gasteiger partial charge on any atom is -0.423 e. The fourth-order valence-electron chi connectivity index (χ4n) is 1.66. The standard InChI is InChI=1S/C13H8ClN3O2/c14-9-2-1-3-10(7-9)19-13(18)8-4-5-11-12(6-8)16-17-15-11/h1-7H,(H,15,16,17). The van der Waals surface area contributed by atoms with Crippen LogP contribution in [-0.4, -0.2) is 21.4 Å². The van der Waals surface area contributed by atoms with E-state index in [1.165, 1.54) is 0 Å². The van der Waals surface area contributed by atoms with Gasteiger partial charge in [0.2, 0.25) is 0 Å². The molecule has 0 saturated carbocycles. The summed E-state index contributed by atoms with van der Waals surface area (Å²) >= 11 is 5.82. The minimum atomic E-state index is -0.466. The van der Waals surface area contributed by atoms with Gasteiger partial charge in [-0.1, -0.05) is 17.7 Å². The number of benzene rings is 2. The van der Waals surface area contributed by atoms with Crippen LogP contribution in [0.5, 0.6) is 5.75 Å². The largest absolute Gasteiger partial charge is 0.423 e. The van der Waals surface area contributed by atoms with Crippen molar-refractivity contribution in [3.63, 3.8) is 0 Å². The van der Waals surface area contributed by atoms with Crippen molar-refractivity contribution < 1.29 is 9.53 Å². The highest BCUT2D eigenvalue weighted by Crippen LogP contribution is 2.19. The van der Waals surface area contributed by atoms with Gasteiger partial charge in [-0.3, -0.25) is 0 Å². The zero-order chi connectivity index (χ0) is 13.2. The van der Waals surface area contributed by atoms with Gasteiger partial charge in [0, 0.05) is 5.02 Å². The summed E-state index contributed by atoms with van der Waals surface area (Å²) in [5, 5.41) is 10.8. The molecule has 1 heterocycles. The van der Waals surface area contributed by atoms with Crippen LogP contribution in [-0.2, 0) is 0 Å². The highest BCUT2D eigenvalue weighted by atomic mass is 35.5. The Morgan fingerprint density at radius 1 is 1.11 bits per heavy atom. The maximum atomic E-state index is 12.0. The van der Waals surface area contributed by atoms with Crippen LogP contribution in [0.15, 0.2) is 42.5 Å². The molecule has 3 aromatic rings. The van der Waals surface area contributed by atoms with E-state index in [0.29, 0.717) is 27.4 Å². The van der Waals surface area contributed by atoms with E-state index in [1.54, 1.807) is 42.5 Å². The molecule has 94 valence electrons. The number of hydrogen-bond donors (Lipinski definition) is 1. The number of H-pyrrole nitrogens is 1. The summed E-state index contributed by atoms with van der Waals surface area (Å²) in [5.41, 5.74) is 1.71. The van der Waals surface area contributed by atoms with Crippen molar-refractivity contribution in [3.05, 3.63) is 53.1 Å². The Hall–Kier alpha value is -2.40. The van der Waals surface area contributed by atoms with Gasteiger partial charge in [-0.25, -0.2) is 4.79 Å². The normalized spacial score (nSPS) is 10.6. The molecule has 2 aromatic carbocycles. The third kappa shape index (κ3) is 2.41. The van der Waals surface area contributed by atoms with Crippen LogP contribution >= 0.6 is 11.6 Å². The third-order valence-corrected chi connectivity index (χ3v) is 2.79. The Bertz CT molecular complexity index is 754. The first-order valence-electron chi connectivity index (χ1n) is 5.51. The molecule has 0 bridgehead atoms. The molecule has 1 N–H and O–H groups in total. The second kappa shape index (κ2) is 4.70. The molecule has 1 aromatic heterocycles. The number of aromatic amines is 1. The first-order valence-corrected chi connectivity index (χ1v) is 5.88. The highest BCUT2D eigenvalue weighted by Gasteiger charge is 2.10. The number of halogens is 1. The lowest BCUT2D eigenvalue weighted by molar-refractivity contribution is 0.0735. The summed E-state index contributed by atoms with van der Waals surface area (Å²) < 4.78 is 5.22. The fraction of sp³-hybridized carbons (Fsp3) is 0. The predicted octanol–water partition coefficient (Wildman–Crippen LogP) is 2.83. The molecule has 5 nitrogen and oxygen atoms in total. The molecule has 3 rings (SSSR count). The first-order chi connectivity index (χ1) is 9.22. The second-order valence-electron chi connectivity index (χ2n) is 3.87. The summed E-state index contributed by atoms with van der Waals surface area (Å²) in [7, 11) is 0. The number of hydrogen-bond acceptors (Lipinski definition) is 4. The van der Waals surface area contributed by atoms with Gasteiger partial charge in [-0.2, -0.15) is 15.4 Å². The van der Waals surface area contributed by atoms with Crippen LogP contribution in [0, 0.1) is 0 Å². The molecular weight excluding hydrogens is 266 g/mol. The predicted molar refractivity (Wildman–Crippen MR) is 70.3 cm³/mol. The van der Waals surface area contributed by atoms with E-state index in [2.05, 4.69) is 15.4 Å². The number of nitrogens with one attached hydrogen (secondary N) is 1. The van der Waals surface area contributed by atoms with Crippen molar-refractivity contribution in [2.24, 2.45) is 0 Å². The molecule has 19 heavy (non-hydrogen) atoms. The summed E-state index contributed by atoms with van der Waals surface area (Å²) in [5.74, 6) is -0.0649. The number of nitrogens with zero attached hydrogens (tertiary/aromatic N) is 2. The van der Waals surface area contributed by atoms with E-state index >= 15 is 0 Å². The summed E-state index contributed by atoms with van der Waals surface area (Å²) in [4.78, 5) is 12.0. The van der Waals surface area contributed by atoms with Gasteiger partial charge >= 0.3 is 5.97 Å². The van der Waals surface area contributed by atoms with Crippen molar-refractivity contribution >= 4 is 28.6 Å². The van der Waals surface area contributed by atoms with E-state index in [0.717, 1.165) is 0 Å². The van der Waals surface area contributed by atoms with Crippen LogP contribution in [0.1, 0.15) is 10.4 Å². The maximum absolute atomic E-state index is 12.0. The van der Waals surface area contributed by atoms with Crippen molar-refractivity contribution in [2.75, 3.05) is 0 Å². The minimum absolute atomic E-state index is 0.401. The van der Waals surface area contributed by atoms with Crippen molar-refractivity contribution in [3.8, 4) is 5.75 Å². The van der Waals surface area contributed by atoms with Crippen molar-refractivity contribution in [1.82, 2.24) is 15.4 Å². The highest BCUT2D eigenvalue weighted by molar-refractivity contribution is 6.30. The monoisotopic (exact) mass is 273 g/mol. The molecule has 0 fully saturated rings. The van der Waals surface area contributed by atoms with Gasteiger partial charge in [0.15, 0.2) is 0 Å². The van der Waals surface area contributed by atoms with Gasteiger partial charge in [0.25, 0.3) is 0 Å². The topological polar surface area (TPSA) is 67.9 Å². The first kappa shape index (κ1) is 11.7. The summed E-state index contributed by atoms with van der Waals surface area (Å²) in [6, 6.07) is 11.6. The Balaban J connectivity index is 1.87. The summed E-state index contributed by atoms with van der Waals surface area (Å²) in [6.45, 7) is 0. The molecule has 0 radical (unpaired) electrons. The Morgan fingerprint density at radius 3 is 2.79 bits per heavy atom. The Labute approximate surface area is 113 Å². The quantitative estimate of drug-likeness (QED) is 0.576. The smallest absolute Gasteiger partial charge is 0.343 e. The van der Waals surface area contributed by atoms with Gasteiger partial charge in [0.1, 0.15) is 16.8 Å². The number of aromatic nitrogens is 3. The molecule has 0 amide bonds. The Kier molecular flexibility index (Phi) is 2.89. The number of rotatable bonds is 2. The van der Waals surface area contributed by atoms with Crippen molar-refractivity contribution in [2.45, 2.75) is 0 Å². The number of esters is 1. The number of carbonyl (C=O) groups is 1. The average Bonchev–Trinajstić information content (AvgIpc) is 2.85. The second-order valence-corrected chi connectivity index (χ2v) is 4.31. The third-order valence-electron chi connectivity index (χ3n) is 2.56. The summed E-state index contributed by atoms with van der Waals surface area (Å²) in [6.07, 6.45) is 0. The van der Waals surface area contributed by atoms with E-state index in [-0.39, 0.29) is 0 Å². The van der Waals surface area contributed by atoms with Gasteiger partial charge in [-0.05, 0) is 36.4 Å². The molecule has 0 unspecified atom stereocenters. The van der Waals surface area contributed by atoms with Crippen LogP contribution in [0.2, 0.25) is 5.02 Å². The van der Waals surface area contributed by atoms with E-state index in [9.17, 15) is 4.79 Å². The number of fused-ring (bicyclic) bond motifs is 1. The van der Waals surface area contributed by atoms with E-state index in [1.807, 2.05) is 0 Å². The molecule has 0 aliphatic carbocycles. The molecule has 0 saturated heterocycles. The average molecular weight is 274 g/mol. The molecule has 0 aliphatic rings. The van der Waals surface area contributed by atoms with Gasteiger partial charge < -0.3 is 4.74 Å². The number of carbonyl (C=O) groups excluding carboxylic acids is 1.